The van der Waals surface area contributed by atoms with Crippen molar-refractivity contribution in [3.05, 3.63) is 22.4 Å². The van der Waals surface area contributed by atoms with Crippen molar-refractivity contribution in [3.8, 4) is 0 Å². The van der Waals surface area contributed by atoms with Crippen molar-refractivity contribution >= 4 is 11.3 Å². The molecule has 2 N–H and O–H groups in total. The lowest BCUT2D eigenvalue weighted by Crippen LogP contribution is -2.25. The third-order valence-corrected chi connectivity index (χ3v) is 4.20. The third kappa shape index (κ3) is 2.18. The van der Waals surface area contributed by atoms with Gasteiger partial charge in [0.05, 0.1) is 0 Å². The highest BCUT2D eigenvalue weighted by Crippen LogP contribution is 2.35. The fourth-order valence-corrected chi connectivity index (χ4v) is 3.09. The predicted octanol–water partition coefficient (Wildman–Crippen LogP) is 3.57. The summed E-state index contributed by atoms with van der Waals surface area (Å²) in [5.41, 5.74) is 7.61. The highest BCUT2D eigenvalue weighted by Gasteiger charge is 2.24. The normalized spacial score (nSPS) is 30.1. The fourth-order valence-electron chi connectivity index (χ4n) is 2.38. The largest absolute Gasteiger partial charge is 0.324 e. The van der Waals surface area contributed by atoms with Crippen molar-refractivity contribution in [2.45, 2.75) is 38.6 Å². The highest BCUT2D eigenvalue weighted by atomic mass is 32.1. The SMILES string of the molecule is CC1CCC([C@H](N)c2ccsc2)CC1. The van der Waals surface area contributed by atoms with Crippen LogP contribution in [-0.4, -0.2) is 0 Å². The Bertz CT molecular complexity index is 260. The minimum atomic E-state index is 0.286. The summed E-state index contributed by atoms with van der Waals surface area (Å²) in [7, 11) is 0. The monoisotopic (exact) mass is 209 g/mol. The molecule has 1 aliphatic carbocycles. The van der Waals surface area contributed by atoms with Gasteiger partial charge < -0.3 is 5.73 Å². The molecule has 1 aromatic rings. The van der Waals surface area contributed by atoms with E-state index in [2.05, 4.69) is 23.8 Å². The molecule has 1 aromatic heterocycles. The zero-order valence-corrected chi connectivity index (χ0v) is 9.59. The van der Waals surface area contributed by atoms with Gasteiger partial charge in [-0.15, -0.1) is 0 Å². The molecule has 0 aromatic carbocycles. The molecule has 0 aliphatic heterocycles. The maximum Gasteiger partial charge on any atom is 0.0331 e. The molecule has 1 fully saturated rings. The van der Waals surface area contributed by atoms with E-state index >= 15 is 0 Å². The molecule has 0 radical (unpaired) electrons. The first-order chi connectivity index (χ1) is 6.77. The highest BCUT2D eigenvalue weighted by molar-refractivity contribution is 7.07. The van der Waals surface area contributed by atoms with Gasteiger partial charge in [-0.1, -0.05) is 19.8 Å². The lowest BCUT2D eigenvalue weighted by molar-refractivity contribution is 0.256. The maximum atomic E-state index is 6.27. The van der Waals surface area contributed by atoms with Gasteiger partial charge in [0.25, 0.3) is 0 Å². The first kappa shape index (κ1) is 10.2. The topological polar surface area (TPSA) is 26.0 Å². The van der Waals surface area contributed by atoms with E-state index in [1.807, 2.05) is 0 Å². The molecule has 2 rings (SSSR count). The van der Waals surface area contributed by atoms with Crippen molar-refractivity contribution in [3.63, 3.8) is 0 Å². The van der Waals surface area contributed by atoms with Crippen LogP contribution in [0.2, 0.25) is 0 Å². The molecule has 0 spiro atoms. The summed E-state index contributed by atoms with van der Waals surface area (Å²) in [5, 5.41) is 4.32. The summed E-state index contributed by atoms with van der Waals surface area (Å²) >= 11 is 1.75. The van der Waals surface area contributed by atoms with Gasteiger partial charge in [-0.25, -0.2) is 0 Å². The van der Waals surface area contributed by atoms with Crippen molar-refractivity contribution in [1.82, 2.24) is 0 Å². The van der Waals surface area contributed by atoms with E-state index in [-0.39, 0.29) is 6.04 Å². The number of thiophene rings is 1. The number of hydrogen-bond donors (Lipinski definition) is 1. The Morgan fingerprint density at radius 3 is 2.64 bits per heavy atom. The summed E-state index contributed by atoms with van der Waals surface area (Å²) in [6.07, 6.45) is 5.36. The van der Waals surface area contributed by atoms with Crippen LogP contribution in [0.25, 0.3) is 0 Å². The van der Waals surface area contributed by atoms with Crippen LogP contribution in [0.4, 0.5) is 0 Å². The quantitative estimate of drug-likeness (QED) is 0.791. The van der Waals surface area contributed by atoms with E-state index in [9.17, 15) is 0 Å². The number of nitrogens with two attached hydrogens (primary N) is 1. The zero-order chi connectivity index (χ0) is 9.97. The molecule has 1 aliphatic rings. The van der Waals surface area contributed by atoms with Crippen molar-refractivity contribution < 1.29 is 0 Å². The van der Waals surface area contributed by atoms with Gasteiger partial charge in [-0.3, -0.25) is 0 Å². The lowest BCUT2D eigenvalue weighted by atomic mass is 9.78. The molecule has 1 atom stereocenters. The van der Waals surface area contributed by atoms with Gasteiger partial charge in [-0.05, 0) is 47.1 Å². The van der Waals surface area contributed by atoms with Gasteiger partial charge in [0.15, 0.2) is 0 Å². The molecule has 1 saturated carbocycles. The summed E-state index contributed by atoms with van der Waals surface area (Å²) in [6, 6.07) is 2.46. The molecule has 0 amide bonds. The Hall–Kier alpha value is -0.340. The minimum absolute atomic E-state index is 0.286. The molecular formula is C12H19NS. The molecule has 1 nitrogen and oxygen atoms in total. The van der Waals surface area contributed by atoms with E-state index in [1.54, 1.807) is 11.3 Å². The molecular weight excluding hydrogens is 190 g/mol. The lowest BCUT2D eigenvalue weighted by Gasteiger charge is -2.30. The van der Waals surface area contributed by atoms with E-state index in [0.29, 0.717) is 0 Å². The van der Waals surface area contributed by atoms with Crippen LogP contribution in [0.3, 0.4) is 0 Å². The standard InChI is InChI=1S/C12H19NS/c1-9-2-4-10(5-3-9)12(13)11-6-7-14-8-11/h6-10,12H,2-5,13H2,1H3/t9?,10?,12-/m0/s1. The maximum absolute atomic E-state index is 6.27. The van der Waals surface area contributed by atoms with Crippen molar-refractivity contribution in [2.75, 3.05) is 0 Å². The van der Waals surface area contributed by atoms with Crippen LogP contribution < -0.4 is 5.73 Å². The van der Waals surface area contributed by atoms with Gasteiger partial charge in [-0.2, -0.15) is 11.3 Å². The van der Waals surface area contributed by atoms with Crippen LogP contribution in [0.5, 0.6) is 0 Å². The van der Waals surface area contributed by atoms with Gasteiger partial charge >= 0.3 is 0 Å². The second-order valence-corrected chi connectivity index (χ2v) is 5.38. The van der Waals surface area contributed by atoms with E-state index in [4.69, 9.17) is 5.73 Å². The predicted molar refractivity (Wildman–Crippen MR) is 62.4 cm³/mol. The van der Waals surface area contributed by atoms with Crippen LogP contribution in [0.1, 0.15) is 44.2 Å². The second-order valence-electron chi connectivity index (χ2n) is 4.60. The number of hydrogen-bond acceptors (Lipinski definition) is 2. The van der Waals surface area contributed by atoms with Crippen LogP contribution >= 0.6 is 11.3 Å². The third-order valence-electron chi connectivity index (χ3n) is 3.50. The van der Waals surface area contributed by atoms with Crippen molar-refractivity contribution in [1.29, 1.82) is 0 Å². The van der Waals surface area contributed by atoms with Crippen LogP contribution in [0.15, 0.2) is 16.8 Å². The van der Waals surface area contributed by atoms with E-state index in [0.717, 1.165) is 11.8 Å². The van der Waals surface area contributed by atoms with E-state index in [1.165, 1.54) is 31.2 Å². The molecule has 0 saturated heterocycles. The Balaban J connectivity index is 1.95. The molecule has 2 heteroatoms. The Morgan fingerprint density at radius 2 is 2.07 bits per heavy atom. The number of rotatable bonds is 2. The first-order valence-corrected chi connectivity index (χ1v) is 6.49. The molecule has 0 unspecified atom stereocenters. The molecule has 78 valence electrons. The van der Waals surface area contributed by atoms with Crippen LogP contribution in [-0.2, 0) is 0 Å². The summed E-state index contributed by atoms with van der Waals surface area (Å²) in [6.45, 7) is 2.35. The smallest absolute Gasteiger partial charge is 0.0331 e. The molecule has 14 heavy (non-hydrogen) atoms. The van der Waals surface area contributed by atoms with Gasteiger partial charge in [0.2, 0.25) is 0 Å². The molecule has 0 bridgehead atoms. The second kappa shape index (κ2) is 4.45. The average Bonchev–Trinajstić information content (AvgIpc) is 2.71. The Kier molecular flexibility index (Phi) is 3.24. The summed E-state index contributed by atoms with van der Waals surface area (Å²) in [4.78, 5) is 0. The van der Waals surface area contributed by atoms with Crippen molar-refractivity contribution in [2.24, 2.45) is 17.6 Å². The summed E-state index contributed by atoms with van der Waals surface area (Å²) in [5.74, 6) is 1.64. The average molecular weight is 209 g/mol. The van der Waals surface area contributed by atoms with Gasteiger partial charge in [0.1, 0.15) is 0 Å². The zero-order valence-electron chi connectivity index (χ0n) is 8.78. The van der Waals surface area contributed by atoms with Crippen LogP contribution in [0, 0.1) is 11.8 Å². The summed E-state index contributed by atoms with van der Waals surface area (Å²) < 4.78 is 0. The van der Waals surface area contributed by atoms with Gasteiger partial charge in [0, 0.05) is 6.04 Å². The molecule has 1 heterocycles. The minimum Gasteiger partial charge on any atom is -0.324 e. The Labute approximate surface area is 90.3 Å². The Morgan fingerprint density at radius 1 is 1.36 bits per heavy atom. The fraction of sp³-hybridized carbons (Fsp3) is 0.667. The van der Waals surface area contributed by atoms with E-state index < -0.39 is 0 Å². The first-order valence-electron chi connectivity index (χ1n) is 5.55.